The van der Waals surface area contributed by atoms with Crippen molar-refractivity contribution in [1.29, 1.82) is 0 Å². The molecule has 0 bridgehead atoms. The van der Waals surface area contributed by atoms with E-state index in [2.05, 4.69) is 36.4 Å². The van der Waals surface area contributed by atoms with Crippen LogP contribution in [0.2, 0.25) is 0 Å². The third-order valence-electron chi connectivity index (χ3n) is 4.93. The molecule has 3 N–H and O–H groups in total. The molecule has 0 amide bonds. The Bertz CT molecular complexity index is 1050. The summed E-state index contributed by atoms with van der Waals surface area (Å²) < 4.78 is 11.3. The van der Waals surface area contributed by atoms with E-state index in [9.17, 15) is 0 Å². The molecule has 0 aliphatic carbocycles. The topological polar surface area (TPSA) is 111 Å². The Kier molecular flexibility index (Phi) is 7.08. The minimum absolute atomic E-state index is 0.297. The van der Waals surface area contributed by atoms with E-state index in [4.69, 9.17) is 15.2 Å². The maximum absolute atomic E-state index is 5.86. The van der Waals surface area contributed by atoms with Crippen molar-refractivity contribution in [1.82, 2.24) is 15.0 Å². The van der Waals surface area contributed by atoms with Crippen LogP contribution >= 0.6 is 0 Å². The third-order valence-corrected chi connectivity index (χ3v) is 4.93. The minimum Gasteiger partial charge on any atom is -0.463 e. The Morgan fingerprint density at radius 1 is 1.19 bits per heavy atom. The van der Waals surface area contributed by atoms with Crippen LogP contribution in [0.1, 0.15) is 16.7 Å². The molecule has 0 unspecified atom stereocenters. The number of nitrogen functional groups attached to an aromatic ring is 1. The molecular weight excluding hydrogens is 406 g/mol. The molecule has 1 fully saturated rings. The van der Waals surface area contributed by atoms with Gasteiger partial charge in [-0.2, -0.15) is 15.1 Å². The van der Waals surface area contributed by atoms with Crippen molar-refractivity contribution in [2.45, 2.75) is 13.3 Å². The molecule has 0 atom stereocenters. The molecule has 166 valence electrons. The van der Waals surface area contributed by atoms with E-state index in [0.29, 0.717) is 43.9 Å². The van der Waals surface area contributed by atoms with Gasteiger partial charge in [0.05, 0.1) is 26.0 Å². The number of aryl methyl sites for hydroxylation is 1. The van der Waals surface area contributed by atoms with E-state index in [-0.39, 0.29) is 0 Å². The van der Waals surface area contributed by atoms with Crippen LogP contribution in [0.4, 0.5) is 17.5 Å². The summed E-state index contributed by atoms with van der Waals surface area (Å²) in [6, 6.07) is 14.0. The standard InChI is InChI=1S/C23H27N7O2/c1-17-3-2-4-19(13-17)16-26-29-21-14-22(30-8-11-31-12-9-30)28-23(27-21)32-10-7-18-5-6-20(24)25-15-18/h2-6,13-16H,7-12H2,1H3,(H2,24,25)(H,27,28,29)/b26-16+. The number of hydrogen-bond acceptors (Lipinski definition) is 9. The first kappa shape index (κ1) is 21.5. The number of hydrogen-bond donors (Lipinski definition) is 2. The van der Waals surface area contributed by atoms with Crippen LogP contribution in [0.5, 0.6) is 6.01 Å². The van der Waals surface area contributed by atoms with Crippen molar-refractivity contribution >= 4 is 23.7 Å². The van der Waals surface area contributed by atoms with Crippen LogP contribution in [-0.4, -0.2) is 54.1 Å². The lowest BCUT2D eigenvalue weighted by Crippen LogP contribution is -2.36. The van der Waals surface area contributed by atoms with Crippen molar-refractivity contribution in [3.8, 4) is 6.01 Å². The number of aromatic nitrogens is 3. The maximum atomic E-state index is 5.86. The summed E-state index contributed by atoms with van der Waals surface area (Å²) in [5.74, 6) is 1.84. The Morgan fingerprint density at radius 2 is 2.06 bits per heavy atom. The van der Waals surface area contributed by atoms with Gasteiger partial charge in [0.15, 0.2) is 5.82 Å². The van der Waals surface area contributed by atoms with Crippen molar-refractivity contribution < 1.29 is 9.47 Å². The molecule has 1 aliphatic heterocycles. The van der Waals surface area contributed by atoms with Gasteiger partial charge in [0.2, 0.25) is 0 Å². The first-order chi connectivity index (χ1) is 15.7. The maximum Gasteiger partial charge on any atom is 0.320 e. The van der Waals surface area contributed by atoms with E-state index in [0.717, 1.165) is 30.0 Å². The van der Waals surface area contributed by atoms with Gasteiger partial charge in [-0.15, -0.1) is 0 Å². The monoisotopic (exact) mass is 433 g/mol. The third kappa shape index (κ3) is 6.14. The highest BCUT2D eigenvalue weighted by Gasteiger charge is 2.15. The van der Waals surface area contributed by atoms with E-state index >= 15 is 0 Å². The van der Waals surface area contributed by atoms with Gasteiger partial charge in [-0.05, 0) is 24.1 Å². The largest absolute Gasteiger partial charge is 0.463 e. The zero-order chi connectivity index (χ0) is 22.2. The quantitative estimate of drug-likeness (QED) is 0.412. The van der Waals surface area contributed by atoms with E-state index in [1.54, 1.807) is 18.5 Å². The van der Waals surface area contributed by atoms with Crippen LogP contribution in [0.3, 0.4) is 0 Å². The molecule has 3 heterocycles. The lowest BCUT2D eigenvalue weighted by molar-refractivity contribution is 0.122. The lowest BCUT2D eigenvalue weighted by atomic mass is 10.2. The second-order valence-corrected chi connectivity index (χ2v) is 7.47. The molecule has 3 aromatic rings. The van der Waals surface area contributed by atoms with Gasteiger partial charge in [-0.3, -0.25) is 5.43 Å². The van der Waals surface area contributed by atoms with Gasteiger partial charge >= 0.3 is 6.01 Å². The fraction of sp³-hybridized carbons (Fsp3) is 0.304. The number of morpholine rings is 1. The second kappa shape index (κ2) is 10.5. The summed E-state index contributed by atoms with van der Waals surface area (Å²) in [5.41, 5.74) is 11.9. The fourth-order valence-corrected chi connectivity index (χ4v) is 3.26. The SMILES string of the molecule is Cc1cccc(/C=N/Nc2cc(N3CCOCC3)nc(OCCc3ccc(N)nc3)n2)c1. The van der Waals surface area contributed by atoms with Crippen molar-refractivity contribution in [3.63, 3.8) is 0 Å². The molecule has 1 aromatic carbocycles. The Balaban J connectivity index is 1.46. The molecule has 0 spiro atoms. The van der Waals surface area contributed by atoms with Gasteiger partial charge in [-0.25, -0.2) is 4.98 Å². The first-order valence-corrected chi connectivity index (χ1v) is 10.6. The van der Waals surface area contributed by atoms with E-state index in [1.165, 1.54) is 5.56 Å². The van der Waals surface area contributed by atoms with Gasteiger partial charge < -0.3 is 20.1 Å². The molecule has 9 heteroatoms. The molecule has 9 nitrogen and oxygen atoms in total. The second-order valence-electron chi connectivity index (χ2n) is 7.47. The number of benzene rings is 1. The Morgan fingerprint density at radius 3 is 2.84 bits per heavy atom. The van der Waals surface area contributed by atoms with Crippen LogP contribution in [0, 0.1) is 6.92 Å². The molecular formula is C23H27N7O2. The average Bonchev–Trinajstić information content (AvgIpc) is 2.81. The normalized spacial score (nSPS) is 14.0. The van der Waals surface area contributed by atoms with Gasteiger partial charge in [0.25, 0.3) is 0 Å². The highest BCUT2D eigenvalue weighted by atomic mass is 16.5. The number of pyridine rings is 1. The predicted molar refractivity (Wildman–Crippen MR) is 125 cm³/mol. The molecule has 0 saturated carbocycles. The number of nitrogens with zero attached hydrogens (tertiary/aromatic N) is 5. The number of hydrazone groups is 1. The van der Waals surface area contributed by atoms with Crippen LogP contribution < -0.4 is 20.8 Å². The zero-order valence-electron chi connectivity index (χ0n) is 18.1. The summed E-state index contributed by atoms with van der Waals surface area (Å²) >= 11 is 0. The highest BCUT2D eigenvalue weighted by Crippen LogP contribution is 2.21. The van der Waals surface area contributed by atoms with Crippen LogP contribution in [0.15, 0.2) is 53.8 Å². The number of ether oxygens (including phenoxy) is 2. The fourth-order valence-electron chi connectivity index (χ4n) is 3.26. The van der Waals surface area contributed by atoms with Gasteiger partial charge in [0.1, 0.15) is 11.6 Å². The van der Waals surface area contributed by atoms with E-state index < -0.39 is 0 Å². The predicted octanol–water partition coefficient (Wildman–Crippen LogP) is 2.67. The number of nitrogens with one attached hydrogen (secondary N) is 1. The lowest BCUT2D eigenvalue weighted by Gasteiger charge is -2.28. The van der Waals surface area contributed by atoms with Gasteiger partial charge in [-0.1, -0.05) is 35.9 Å². The Labute approximate surface area is 187 Å². The van der Waals surface area contributed by atoms with Crippen molar-refractivity contribution in [2.24, 2.45) is 5.10 Å². The summed E-state index contributed by atoms with van der Waals surface area (Å²) in [4.78, 5) is 15.3. The summed E-state index contributed by atoms with van der Waals surface area (Å²) in [6.45, 7) is 5.33. The highest BCUT2D eigenvalue weighted by molar-refractivity contribution is 5.80. The van der Waals surface area contributed by atoms with E-state index in [1.807, 2.05) is 37.3 Å². The molecule has 4 rings (SSSR count). The number of anilines is 3. The minimum atomic E-state index is 0.297. The molecule has 32 heavy (non-hydrogen) atoms. The van der Waals surface area contributed by atoms with Crippen LogP contribution in [0.25, 0.3) is 0 Å². The first-order valence-electron chi connectivity index (χ1n) is 10.6. The summed E-state index contributed by atoms with van der Waals surface area (Å²) in [6.07, 6.45) is 4.18. The molecule has 2 aromatic heterocycles. The van der Waals surface area contributed by atoms with Crippen molar-refractivity contribution in [2.75, 3.05) is 49.0 Å². The molecule has 1 saturated heterocycles. The van der Waals surface area contributed by atoms with Crippen LogP contribution in [-0.2, 0) is 11.2 Å². The van der Waals surface area contributed by atoms with Gasteiger partial charge in [0, 0.05) is 31.8 Å². The smallest absolute Gasteiger partial charge is 0.320 e. The number of rotatable bonds is 8. The molecule has 0 radical (unpaired) electrons. The average molecular weight is 434 g/mol. The zero-order valence-corrected chi connectivity index (χ0v) is 18.1. The summed E-state index contributed by atoms with van der Waals surface area (Å²) in [5, 5.41) is 4.33. The molecule has 1 aliphatic rings. The Hall–Kier alpha value is -3.72. The van der Waals surface area contributed by atoms with Crippen molar-refractivity contribution in [3.05, 3.63) is 65.4 Å². The number of nitrogens with two attached hydrogens (primary N) is 1. The summed E-state index contributed by atoms with van der Waals surface area (Å²) in [7, 11) is 0.